The molecule has 1 aromatic heterocycles. The van der Waals surface area contributed by atoms with Crippen LogP contribution in [-0.2, 0) is 32.7 Å². The fourth-order valence-electron chi connectivity index (χ4n) is 3.81. The average Bonchev–Trinajstić information content (AvgIpc) is 2.87. The van der Waals surface area contributed by atoms with Gasteiger partial charge in [-0.3, -0.25) is 14.2 Å². The van der Waals surface area contributed by atoms with E-state index in [9.17, 15) is 27.2 Å². The summed E-state index contributed by atoms with van der Waals surface area (Å²) >= 11 is 0. The predicted molar refractivity (Wildman–Crippen MR) is 150 cm³/mol. The first-order valence-electron chi connectivity index (χ1n) is 13.1. The highest BCUT2D eigenvalue weighted by Crippen LogP contribution is 2.17. The van der Waals surface area contributed by atoms with Crippen LogP contribution in [0.15, 0.2) is 29.1 Å². The molecule has 228 valence electrons. The molecule has 12 nitrogen and oxygen atoms in total. The zero-order chi connectivity index (χ0) is 31.0. The molecule has 1 aromatic carbocycles. The van der Waals surface area contributed by atoms with Gasteiger partial charge in [-0.05, 0) is 65.2 Å². The third-order valence-corrected chi connectivity index (χ3v) is 6.31. The van der Waals surface area contributed by atoms with Crippen LogP contribution >= 0.6 is 0 Å². The van der Waals surface area contributed by atoms with Crippen molar-refractivity contribution >= 4 is 22.1 Å². The zero-order valence-electron chi connectivity index (χ0n) is 24.5. The summed E-state index contributed by atoms with van der Waals surface area (Å²) in [4.78, 5) is 44.5. The van der Waals surface area contributed by atoms with E-state index in [1.807, 2.05) is 6.92 Å². The molecule has 1 N–H and O–H groups in total. The first-order valence-corrected chi connectivity index (χ1v) is 14.9. The SMILES string of the molecule is CCN(CCC[C@@H](Cn1c(C)nc(C(=O)NCc2ccc(F)cc2)c(OS(C)(=O)=O)c1=O)OC)C(=O)OC(C)(C)C. The van der Waals surface area contributed by atoms with Crippen LogP contribution in [0.25, 0.3) is 0 Å². The molecule has 0 bridgehead atoms. The highest BCUT2D eigenvalue weighted by atomic mass is 32.2. The van der Waals surface area contributed by atoms with Crippen LogP contribution < -0.4 is 15.1 Å². The van der Waals surface area contributed by atoms with Gasteiger partial charge in [0.05, 0.1) is 18.9 Å². The fraction of sp³-hybridized carbons (Fsp3) is 0.556. The first-order chi connectivity index (χ1) is 19.0. The Kier molecular flexibility index (Phi) is 11.8. The summed E-state index contributed by atoms with van der Waals surface area (Å²) in [7, 11) is -2.73. The van der Waals surface area contributed by atoms with Crippen LogP contribution in [0.2, 0.25) is 0 Å². The van der Waals surface area contributed by atoms with Gasteiger partial charge in [0.25, 0.3) is 11.5 Å². The second-order valence-corrected chi connectivity index (χ2v) is 12.0. The van der Waals surface area contributed by atoms with Gasteiger partial charge in [-0.1, -0.05) is 12.1 Å². The molecule has 0 saturated heterocycles. The summed E-state index contributed by atoms with van der Waals surface area (Å²) in [6.45, 7) is 9.51. The molecule has 2 aromatic rings. The van der Waals surface area contributed by atoms with Crippen molar-refractivity contribution in [2.45, 2.75) is 72.3 Å². The molecule has 1 atom stereocenters. The molecule has 41 heavy (non-hydrogen) atoms. The Morgan fingerprint density at radius 2 is 1.83 bits per heavy atom. The molecule has 0 aliphatic rings. The summed E-state index contributed by atoms with van der Waals surface area (Å²) in [5.74, 6) is -1.89. The Hall–Kier alpha value is -3.52. The molecular formula is C27H39FN4O8S. The largest absolute Gasteiger partial charge is 0.444 e. The van der Waals surface area contributed by atoms with Gasteiger partial charge in [0.2, 0.25) is 5.75 Å². The smallest absolute Gasteiger partial charge is 0.410 e. The molecule has 0 fully saturated rings. The minimum atomic E-state index is -4.19. The maximum atomic E-state index is 13.4. The van der Waals surface area contributed by atoms with Crippen LogP contribution in [0.4, 0.5) is 9.18 Å². The Bertz CT molecular complexity index is 1370. The van der Waals surface area contributed by atoms with Crippen LogP contribution in [0, 0.1) is 12.7 Å². The summed E-state index contributed by atoms with van der Waals surface area (Å²) in [6, 6.07) is 5.40. The van der Waals surface area contributed by atoms with E-state index in [1.165, 1.54) is 42.9 Å². The number of amides is 2. The van der Waals surface area contributed by atoms with E-state index >= 15 is 0 Å². The zero-order valence-corrected chi connectivity index (χ0v) is 25.3. The van der Waals surface area contributed by atoms with Crippen molar-refractivity contribution in [3.63, 3.8) is 0 Å². The quantitative estimate of drug-likeness (QED) is 0.344. The summed E-state index contributed by atoms with van der Waals surface area (Å²) in [5, 5.41) is 2.54. The molecule has 1 heterocycles. The normalized spacial score (nSPS) is 12.5. The number of nitrogens with zero attached hydrogens (tertiary/aromatic N) is 3. The molecule has 0 spiro atoms. The number of carbonyl (C=O) groups excluding carboxylic acids is 2. The lowest BCUT2D eigenvalue weighted by Gasteiger charge is -2.27. The number of aryl methyl sites for hydroxylation is 1. The number of hydrogen-bond donors (Lipinski definition) is 1. The van der Waals surface area contributed by atoms with Crippen molar-refractivity contribution in [1.29, 1.82) is 0 Å². The minimum Gasteiger partial charge on any atom is -0.444 e. The predicted octanol–water partition coefficient (Wildman–Crippen LogP) is 3.01. The lowest BCUT2D eigenvalue weighted by Crippen LogP contribution is -2.38. The Labute approximate surface area is 239 Å². The van der Waals surface area contributed by atoms with Gasteiger partial charge < -0.3 is 23.9 Å². The maximum absolute atomic E-state index is 13.4. The topological polar surface area (TPSA) is 146 Å². The van der Waals surface area contributed by atoms with Gasteiger partial charge in [0.15, 0.2) is 5.69 Å². The number of methoxy groups -OCH3 is 1. The molecule has 2 amide bonds. The lowest BCUT2D eigenvalue weighted by atomic mass is 10.1. The minimum absolute atomic E-state index is 0.00959. The van der Waals surface area contributed by atoms with Crippen molar-refractivity contribution < 1.29 is 36.1 Å². The number of halogens is 1. The Balaban J connectivity index is 2.23. The van der Waals surface area contributed by atoms with E-state index in [0.717, 1.165) is 6.26 Å². The van der Waals surface area contributed by atoms with Crippen LogP contribution in [0.1, 0.15) is 62.4 Å². The van der Waals surface area contributed by atoms with Crippen molar-refractivity contribution in [2.75, 3.05) is 26.5 Å². The van der Waals surface area contributed by atoms with Crippen LogP contribution in [0.5, 0.6) is 5.75 Å². The first kappa shape index (κ1) is 33.7. The van der Waals surface area contributed by atoms with Crippen molar-refractivity contribution in [2.24, 2.45) is 0 Å². The van der Waals surface area contributed by atoms with Crippen molar-refractivity contribution in [3.05, 3.63) is 57.5 Å². The lowest BCUT2D eigenvalue weighted by molar-refractivity contribution is 0.0237. The second kappa shape index (κ2) is 14.4. The van der Waals surface area contributed by atoms with Gasteiger partial charge >= 0.3 is 16.2 Å². The van der Waals surface area contributed by atoms with E-state index in [-0.39, 0.29) is 18.9 Å². The number of ether oxygens (including phenoxy) is 2. The van der Waals surface area contributed by atoms with Gasteiger partial charge in [-0.25, -0.2) is 14.2 Å². The number of hydrogen-bond acceptors (Lipinski definition) is 9. The van der Waals surface area contributed by atoms with Crippen LogP contribution in [0.3, 0.4) is 0 Å². The standard InChI is InChI=1S/C27H39FN4O8S/c1-8-31(26(35)39-27(3,4)5)15-9-10-21(38-6)17-32-18(2)30-22(23(25(32)34)40-41(7,36)37)24(33)29-16-19-11-13-20(28)14-12-19/h11-14,21H,8-10,15-17H2,1-7H3,(H,29,33)/t21-/m0/s1. The van der Waals surface area contributed by atoms with Crippen molar-refractivity contribution in [1.82, 2.24) is 19.8 Å². The van der Waals surface area contributed by atoms with E-state index in [1.54, 1.807) is 25.7 Å². The van der Waals surface area contributed by atoms with Gasteiger partial charge in [-0.2, -0.15) is 8.42 Å². The molecule has 2 rings (SSSR count). The molecule has 0 radical (unpaired) electrons. The number of carbonyl (C=O) groups is 2. The third-order valence-electron chi connectivity index (χ3n) is 5.84. The van der Waals surface area contributed by atoms with E-state index < -0.39 is 56.6 Å². The summed E-state index contributed by atoms with van der Waals surface area (Å²) < 4.78 is 54.2. The summed E-state index contributed by atoms with van der Waals surface area (Å²) in [6.07, 6.45) is 0.794. The molecule has 0 aliphatic carbocycles. The highest BCUT2D eigenvalue weighted by Gasteiger charge is 2.26. The van der Waals surface area contributed by atoms with Crippen LogP contribution in [-0.4, -0.2) is 73.0 Å². The molecule has 14 heteroatoms. The van der Waals surface area contributed by atoms with E-state index in [0.29, 0.717) is 31.5 Å². The molecular weight excluding hydrogens is 559 g/mol. The highest BCUT2D eigenvalue weighted by molar-refractivity contribution is 7.86. The van der Waals surface area contributed by atoms with Crippen molar-refractivity contribution in [3.8, 4) is 5.75 Å². The average molecular weight is 599 g/mol. The van der Waals surface area contributed by atoms with Gasteiger partial charge in [-0.15, -0.1) is 0 Å². The van der Waals surface area contributed by atoms with Gasteiger partial charge in [0.1, 0.15) is 17.2 Å². The number of benzene rings is 1. The Morgan fingerprint density at radius 3 is 2.37 bits per heavy atom. The Morgan fingerprint density at radius 1 is 1.20 bits per heavy atom. The number of nitrogens with one attached hydrogen (secondary N) is 1. The summed E-state index contributed by atoms with van der Waals surface area (Å²) in [5.41, 5.74) is -1.42. The molecule has 0 unspecified atom stereocenters. The number of rotatable bonds is 13. The maximum Gasteiger partial charge on any atom is 0.410 e. The molecule has 0 saturated carbocycles. The fourth-order valence-corrected chi connectivity index (χ4v) is 4.26. The third kappa shape index (κ3) is 10.8. The number of aromatic nitrogens is 2. The molecule has 0 aliphatic heterocycles. The second-order valence-electron chi connectivity index (χ2n) is 10.4. The monoisotopic (exact) mass is 598 g/mol. The van der Waals surface area contributed by atoms with Gasteiger partial charge in [0, 0.05) is 26.7 Å². The van der Waals surface area contributed by atoms with E-state index in [2.05, 4.69) is 10.3 Å². The van der Waals surface area contributed by atoms with E-state index in [4.69, 9.17) is 13.7 Å².